The second kappa shape index (κ2) is 9.73. The molecule has 0 aliphatic heterocycles. The van der Waals surface area contributed by atoms with Crippen molar-refractivity contribution in [3.8, 4) is 5.75 Å². The van der Waals surface area contributed by atoms with Crippen molar-refractivity contribution in [3.63, 3.8) is 0 Å². The third kappa shape index (κ3) is 6.45. The third-order valence-corrected chi connectivity index (χ3v) is 5.62. The summed E-state index contributed by atoms with van der Waals surface area (Å²) >= 11 is 0. The van der Waals surface area contributed by atoms with Crippen LogP contribution in [0.25, 0.3) is 0 Å². The molecule has 0 heterocycles. The van der Waals surface area contributed by atoms with Crippen molar-refractivity contribution in [1.82, 2.24) is 10.2 Å². The molecule has 0 saturated heterocycles. The van der Waals surface area contributed by atoms with Gasteiger partial charge in [-0.3, -0.25) is 0 Å². The molecule has 158 valence electrons. The molecule has 0 radical (unpaired) electrons. The number of benzene rings is 2. The van der Waals surface area contributed by atoms with Gasteiger partial charge in [-0.25, -0.2) is 9.18 Å². The van der Waals surface area contributed by atoms with E-state index >= 15 is 0 Å². The minimum Gasteiger partial charge on any atom is -0.379 e. The third-order valence-electron chi connectivity index (χ3n) is 4.36. The van der Waals surface area contributed by atoms with Crippen LogP contribution in [-0.2, 0) is 16.7 Å². The molecule has 1 N–H and O–H groups in total. The van der Waals surface area contributed by atoms with E-state index in [2.05, 4.69) is 5.32 Å². The zero-order valence-corrected chi connectivity index (χ0v) is 17.9. The Bertz CT molecular complexity index is 930. The Kier molecular flexibility index (Phi) is 7.61. The highest BCUT2D eigenvalue weighted by molar-refractivity contribution is 7.87. The van der Waals surface area contributed by atoms with Gasteiger partial charge in [-0.05, 0) is 69.2 Å². The molecular formula is C21H27FN2O4S. The fourth-order valence-electron chi connectivity index (χ4n) is 2.65. The van der Waals surface area contributed by atoms with E-state index in [1.54, 1.807) is 23.1 Å². The van der Waals surface area contributed by atoms with E-state index in [0.29, 0.717) is 6.54 Å². The molecule has 0 spiro atoms. The van der Waals surface area contributed by atoms with Gasteiger partial charge < -0.3 is 14.4 Å². The number of halogens is 1. The predicted molar refractivity (Wildman–Crippen MR) is 110 cm³/mol. The summed E-state index contributed by atoms with van der Waals surface area (Å²) in [6.45, 7) is 8.04. The smallest absolute Gasteiger partial charge is 0.339 e. The Morgan fingerprint density at radius 2 is 1.79 bits per heavy atom. The molecule has 0 aliphatic rings. The molecule has 2 rings (SSSR count). The van der Waals surface area contributed by atoms with Gasteiger partial charge in [0.05, 0.1) is 0 Å². The Hall–Kier alpha value is -2.61. The lowest BCUT2D eigenvalue weighted by Gasteiger charge is -2.30. The van der Waals surface area contributed by atoms with E-state index in [0.717, 1.165) is 36.2 Å². The lowest BCUT2D eigenvalue weighted by atomic mass is 10.1. The van der Waals surface area contributed by atoms with Crippen molar-refractivity contribution >= 4 is 16.1 Å². The van der Waals surface area contributed by atoms with Crippen LogP contribution in [0.2, 0.25) is 0 Å². The number of carbonyl (C=O) groups excluding carboxylic acids is 1. The van der Waals surface area contributed by atoms with Crippen molar-refractivity contribution in [2.24, 2.45) is 0 Å². The summed E-state index contributed by atoms with van der Waals surface area (Å²) in [7, 11) is -4.09. The van der Waals surface area contributed by atoms with E-state index in [4.69, 9.17) is 4.18 Å². The average Bonchev–Trinajstić information content (AvgIpc) is 2.65. The number of hydrogen-bond donors (Lipinski definition) is 1. The number of urea groups is 1. The van der Waals surface area contributed by atoms with Gasteiger partial charge in [-0.2, -0.15) is 8.42 Å². The van der Waals surface area contributed by atoms with Crippen LogP contribution in [0.5, 0.6) is 5.75 Å². The summed E-state index contributed by atoms with van der Waals surface area (Å²) in [6, 6.07) is 10.8. The first-order valence-electron chi connectivity index (χ1n) is 9.48. The summed E-state index contributed by atoms with van der Waals surface area (Å²) in [5.74, 6) is -0.407. The highest BCUT2D eigenvalue weighted by Crippen LogP contribution is 2.22. The number of carbonyl (C=O) groups is 1. The van der Waals surface area contributed by atoms with Crippen molar-refractivity contribution in [3.05, 3.63) is 59.9 Å². The van der Waals surface area contributed by atoms with Crippen molar-refractivity contribution in [2.45, 2.75) is 57.6 Å². The monoisotopic (exact) mass is 422 g/mol. The van der Waals surface area contributed by atoms with Gasteiger partial charge in [-0.1, -0.05) is 19.1 Å². The largest absolute Gasteiger partial charge is 0.379 e. The molecule has 2 aromatic carbocycles. The number of hydrogen-bond acceptors (Lipinski definition) is 4. The lowest BCUT2D eigenvalue weighted by molar-refractivity contribution is 0.171. The standard InChI is InChI=1S/C21H27FN2O4S/c1-5-16(4)24(21(25)23-15(2)3)14-17-7-6-8-19(13-17)28-29(26,27)20-11-9-18(22)10-12-20/h6-13,15-16H,5,14H2,1-4H3,(H,23,25)/t16-/m0/s1. The predicted octanol–water partition coefficient (Wildman–Crippen LogP) is 4.31. The molecule has 0 bridgehead atoms. The Morgan fingerprint density at radius 1 is 1.14 bits per heavy atom. The van der Waals surface area contributed by atoms with Crippen LogP contribution in [0, 0.1) is 5.82 Å². The normalized spacial score (nSPS) is 12.5. The molecule has 0 unspecified atom stereocenters. The summed E-state index contributed by atoms with van der Waals surface area (Å²) in [5, 5.41) is 2.89. The van der Waals surface area contributed by atoms with Crippen molar-refractivity contribution < 1.29 is 21.8 Å². The molecule has 6 nitrogen and oxygen atoms in total. The first kappa shape index (κ1) is 22.7. The van der Waals surface area contributed by atoms with Crippen molar-refractivity contribution in [2.75, 3.05) is 0 Å². The molecule has 0 fully saturated rings. The first-order chi connectivity index (χ1) is 13.6. The number of nitrogens with zero attached hydrogens (tertiary/aromatic N) is 1. The molecular weight excluding hydrogens is 395 g/mol. The van der Waals surface area contributed by atoms with Crippen LogP contribution in [-0.4, -0.2) is 31.4 Å². The van der Waals surface area contributed by atoms with Gasteiger partial charge in [-0.15, -0.1) is 0 Å². The SMILES string of the molecule is CC[C@H](C)N(Cc1cccc(OS(=O)(=O)c2ccc(F)cc2)c1)C(=O)NC(C)C. The fourth-order valence-corrected chi connectivity index (χ4v) is 3.57. The maximum Gasteiger partial charge on any atom is 0.339 e. The van der Waals surface area contributed by atoms with Crippen LogP contribution in [0.3, 0.4) is 0 Å². The van der Waals surface area contributed by atoms with Crippen LogP contribution in [0.4, 0.5) is 9.18 Å². The zero-order chi connectivity index (χ0) is 21.6. The maximum absolute atomic E-state index is 13.0. The number of nitrogens with one attached hydrogen (secondary N) is 1. The Morgan fingerprint density at radius 3 is 2.38 bits per heavy atom. The van der Waals surface area contributed by atoms with Gasteiger partial charge in [0.15, 0.2) is 0 Å². The second-order valence-corrected chi connectivity index (χ2v) is 8.67. The van der Waals surface area contributed by atoms with E-state index in [1.165, 1.54) is 6.07 Å². The summed E-state index contributed by atoms with van der Waals surface area (Å²) < 4.78 is 43.1. The van der Waals surface area contributed by atoms with Gasteiger partial charge >= 0.3 is 16.1 Å². The highest BCUT2D eigenvalue weighted by atomic mass is 32.2. The van der Waals surface area contributed by atoms with Crippen LogP contribution < -0.4 is 9.50 Å². The quantitative estimate of drug-likeness (QED) is 0.643. The Balaban J connectivity index is 2.21. The van der Waals surface area contributed by atoms with Crippen molar-refractivity contribution in [1.29, 1.82) is 0 Å². The molecule has 8 heteroatoms. The minimum atomic E-state index is -4.09. The van der Waals surface area contributed by atoms with E-state index < -0.39 is 15.9 Å². The van der Waals surface area contributed by atoms with Gasteiger partial charge in [0.25, 0.3) is 0 Å². The first-order valence-corrected chi connectivity index (χ1v) is 10.9. The summed E-state index contributed by atoms with van der Waals surface area (Å²) in [5.41, 5.74) is 0.732. The van der Waals surface area contributed by atoms with Gasteiger partial charge in [0.1, 0.15) is 16.5 Å². The topological polar surface area (TPSA) is 75.7 Å². The molecule has 1 atom stereocenters. The Labute approximate surface area is 171 Å². The summed E-state index contributed by atoms with van der Waals surface area (Å²) in [4.78, 5) is 14.1. The molecule has 0 aliphatic carbocycles. The minimum absolute atomic E-state index is 0.00118. The molecule has 0 saturated carbocycles. The molecule has 0 aromatic heterocycles. The maximum atomic E-state index is 13.0. The number of amides is 2. The van der Waals surface area contributed by atoms with Crippen LogP contribution in [0.1, 0.15) is 39.7 Å². The van der Waals surface area contributed by atoms with E-state index in [-0.39, 0.29) is 28.8 Å². The highest BCUT2D eigenvalue weighted by Gasteiger charge is 2.21. The van der Waals surface area contributed by atoms with Crippen LogP contribution in [0.15, 0.2) is 53.4 Å². The van der Waals surface area contributed by atoms with Crippen LogP contribution >= 0.6 is 0 Å². The van der Waals surface area contributed by atoms with E-state index in [1.807, 2.05) is 27.7 Å². The fraction of sp³-hybridized carbons (Fsp3) is 0.381. The number of rotatable bonds is 8. The van der Waals surface area contributed by atoms with Gasteiger partial charge in [0.2, 0.25) is 0 Å². The zero-order valence-electron chi connectivity index (χ0n) is 17.1. The lowest BCUT2D eigenvalue weighted by Crippen LogP contribution is -2.46. The average molecular weight is 423 g/mol. The molecule has 2 amide bonds. The molecule has 2 aromatic rings. The summed E-state index contributed by atoms with van der Waals surface area (Å²) in [6.07, 6.45) is 0.778. The van der Waals surface area contributed by atoms with E-state index in [9.17, 15) is 17.6 Å². The van der Waals surface area contributed by atoms with Gasteiger partial charge in [0, 0.05) is 18.6 Å². The second-order valence-electron chi connectivity index (χ2n) is 7.13. The molecule has 29 heavy (non-hydrogen) atoms.